The summed E-state index contributed by atoms with van der Waals surface area (Å²) in [5.41, 5.74) is 7.12. The van der Waals surface area contributed by atoms with Crippen LogP contribution in [-0.4, -0.2) is 18.8 Å². The maximum absolute atomic E-state index is 11.8. The van der Waals surface area contributed by atoms with Gasteiger partial charge in [0, 0.05) is 13.1 Å². The van der Waals surface area contributed by atoms with Crippen molar-refractivity contribution in [3.63, 3.8) is 0 Å². The normalized spacial score (nSPS) is 11.1. The van der Waals surface area contributed by atoms with E-state index in [1.807, 2.05) is 0 Å². The van der Waals surface area contributed by atoms with Crippen molar-refractivity contribution in [2.75, 3.05) is 6.54 Å². The first kappa shape index (κ1) is 14.3. The van der Waals surface area contributed by atoms with Crippen LogP contribution in [0, 0.1) is 0 Å². The molecular weight excluding hydrogens is 247 g/mol. The standard InChI is InChI=1S/C11H14F3N3O/c12-11(13,14)7-17-10(18)16-6-9-4-2-1-3-8(9)5-15/h1-4H,5-7,15H2,(H2,16,17,18). The number of amides is 2. The topological polar surface area (TPSA) is 67.1 Å². The van der Waals surface area contributed by atoms with E-state index in [0.717, 1.165) is 11.1 Å². The number of hydrogen-bond acceptors (Lipinski definition) is 2. The molecule has 0 unspecified atom stereocenters. The van der Waals surface area contributed by atoms with E-state index in [-0.39, 0.29) is 6.54 Å². The number of nitrogens with one attached hydrogen (secondary N) is 2. The van der Waals surface area contributed by atoms with Gasteiger partial charge in [-0.1, -0.05) is 24.3 Å². The minimum absolute atomic E-state index is 0.136. The Morgan fingerprint density at radius 2 is 1.78 bits per heavy atom. The van der Waals surface area contributed by atoms with E-state index in [9.17, 15) is 18.0 Å². The molecule has 0 saturated carbocycles. The van der Waals surface area contributed by atoms with Crippen LogP contribution >= 0.6 is 0 Å². The summed E-state index contributed by atoms with van der Waals surface area (Å²) in [5, 5.41) is 4.06. The maximum atomic E-state index is 11.8. The Kier molecular flexibility index (Phi) is 4.96. The quantitative estimate of drug-likeness (QED) is 0.769. The van der Waals surface area contributed by atoms with Gasteiger partial charge in [0.15, 0.2) is 0 Å². The van der Waals surface area contributed by atoms with Gasteiger partial charge in [-0.15, -0.1) is 0 Å². The molecule has 0 radical (unpaired) electrons. The first-order valence-electron chi connectivity index (χ1n) is 5.27. The van der Waals surface area contributed by atoms with Crippen LogP contribution in [0.25, 0.3) is 0 Å². The molecule has 4 nitrogen and oxygen atoms in total. The highest BCUT2D eigenvalue weighted by molar-refractivity contribution is 5.73. The van der Waals surface area contributed by atoms with Crippen LogP contribution in [0.15, 0.2) is 24.3 Å². The van der Waals surface area contributed by atoms with Gasteiger partial charge in [0.05, 0.1) is 0 Å². The molecule has 0 aromatic heterocycles. The van der Waals surface area contributed by atoms with Crippen molar-refractivity contribution in [3.8, 4) is 0 Å². The SMILES string of the molecule is NCc1ccccc1CNC(=O)NCC(F)(F)F. The molecule has 2 amide bonds. The molecule has 100 valence electrons. The van der Waals surface area contributed by atoms with Gasteiger partial charge in [-0.05, 0) is 11.1 Å². The molecule has 7 heteroatoms. The number of alkyl halides is 3. The number of halogens is 3. The smallest absolute Gasteiger partial charge is 0.334 e. The Morgan fingerprint density at radius 1 is 1.17 bits per heavy atom. The zero-order valence-electron chi connectivity index (χ0n) is 9.55. The number of nitrogens with two attached hydrogens (primary N) is 1. The zero-order valence-corrected chi connectivity index (χ0v) is 9.55. The number of benzene rings is 1. The van der Waals surface area contributed by atoms with Crippen molar-refractivity contribution in [1.29, 1.82) is 0 Å². The minimum Gasteiger partial charge on any atom is -0.334 e. The molecule has 0 spiro atoms. The Labute approximate surface area is 102 Å². The fraction of sp³-hybridized carbons (Fsp3) is 0.364. The average molecular weight is 261 g/mol. The van der Waals surface area contributed by atoms with E-state index in [4.69, 9.17) is 5.73 Å². The lowest BCUT2D eigenvalue weighted by Gasteiger charge is -2.11. The average Bonchev–Trinajstić information content (AvgIpc) is 2.33. The molecule has 18 heavy (non-hydrogen) atoms. The summed E-state index contributed by atoms with van der Waals surface area (Å²) < 4.78 is 35.5. The number of carbonyl (C=O) groups is 1. The van der Waals surface area contributed by atoms with Gasteiger partial charge in [0.1, 0.15) is 6.54 Å². The zero-order chi connectivity index (χ0) is 13.6. The molecule has 0 saturated heterocycles. The number of hydrogen-bond donors (Lipinski definition) is 3. The van der Waals surface area contributed by atoms with E-state index in [1.54, 1.807) is 29.6 Å². The van der Waals surface area contributed by atoms with Crippen LogP contribution in [-0.2, 0) is 13.1 Å². The lowest BCUT2D eigenvalue weighted by Crippen LogP contribution is -2.40. The van der Waals surface area contributed by atoms with Crippen LogP contribution in [0.2, 0.25) is 0 Å². The van der Waals surface area contributed by atoms with Crippen LogP contribution in [0.4, 0.5) is 18.0 Å². The molecule has 0 aliphatic heterocycles. The Bertz CT molecular complexity index is 407. The highest BCUT2D eigenvalue weighted by Gasteiger charge is 2.27. The molecule has 1 aromatic carbocycles. The molecule has 0 heterocycles. The van der Waals surface area contributed by atoms with Gasteiger partial charge in [-0.3, -0.25) is 0 Å². The third-order valence-corrected chi connectivity index (χ3v) is 2.23. The predicted octanol–water partition coefficient (Wildman–Crippen LogP) is 1.51. The molecule has 0 aliphatic rings. The van der Waals surface area contributed by atoms with Crippen molar-refractivity contribution in [3.05, 3.63) is 35.4 Å². The number of urea groups is 1. The second-order valence-electron chi connectivity index (χ2n) is 3.62. The second kappa shape index (κ2) is 6.25. The molecule has 0 fully saturated rings. The van der Waals surface area contributed by atoms with Gasteiger partial charge < -0.3 is 16.4 Å². The third-order valence-electron chi connectivity index (χ3n) is 2.23. The van der Waals surface area contributed by atoms with E-state index < -0.39 is 18.8 Å². The molecule has 1 rings (SSSR count). The summed E-state index contributed by atoms with van der Waals surface area (Å²) in [6.07, 6.45) is -4.41. The monoisotopic (exact) mass is 261 g/mol. The first-order chi connectivity index (χ1) is 8.42. The van der Waals surface area contributed by atoms with Gasteiger partial charge >= 0.3 is 12.2 Å². The van der Waals surface area contributed by atoms with E-state index in [2.05, 4.69) is 5.32 Å². The van der Waals surface area contributed by atoms with Gasteiger partial charge in [0.25, 0.3) is 0 Å². The van der Waals surface area contributed by atoms with Crippen LogP contribution in [0.5, 0.6) is 0 Å². The minimum atomic E-state index is -4.41. The Hall–Kier alpha value is -1.76. The van der Waals surface area contributed by atoms with Crippen LogP contribution < -0.4 is 16.4 Å². The van der Waals surface area contributed by atoms with Crippen LogP contribution in [0.3, 0.4) is 0 Å². The fourth-order valence-electron chi connectivity index (χ4n) is 1.35. The van der Waals surface area contributed by atoms with Gasteiger partial charge in [0.2, 0.25) is 0 Å². The Morgan fingerprint density at radius 3 is 2.33 bits per heavy atom. The fourth-order valence-corrected chi connectivity index (χ4v) is 1.35. The number of rotatable bonds is 4. The second-order valence-corrected chi connectivity index (χ2v) is 3.62. The predicted molar refractivity (Wildman–Crippen MR) is 60.6 cm³/mol. The summed E-state index contributed by atoms with van der Waals surface area (Å²) in [6.45, 7) is -0.906. The lowest BCUT2D eigenvalue weighted by atomic mass is 10.1. The van der Waals surface area contributed by atoms with Crippen molar-refractivity contribution in [2.45, 2.75) is 19.3 Å². The first-order valence-corrected chi connectivity index (χ1v) is 5.27. The molecule has 0 bridgehead atoms. The summed E-state index contributed by atoms with van der Waals surface area (Å²) >= 11 is 0. The summed E-state index contributed by atoms with van der Waals surface area (Å²) in [6, 6.07) is 6.26. The summed E-state index contributed by atoms with van der Waals surface area (Å²) in [7, 11) is 0. The maximum Gasteiger partial charge on any atom is 0.405 e. The van der Waals surface area contributed by atoms with Crippen molar-refractivity contribution >= 4 is 6.03 Å². The van der Waals surface area contributed by atoms with Gasteiger partial charge in [-0.25, -0.2) is 4.79 Å². The number of carbonyl (C=O) groups excluding carboxylic acids is 1. The molecular formula is C11H14F3N3O. The summed E-state index contributed by atoms with van der Waals surface area (Å²) in [4.78, 5) is 11.1. The van der Waals surface area contributed by atoms with Crippen molar-refractivity contribution in [1.82, 2.24) is 10.6 Å². The van der Waals surface area contributed by atoms with E-state index >= 15 is 0 Å². The highest BCUT2D eigenvalue weighted by atomic mass is 19.4. The lowest BCUT2D eigenvalue weighted by molar-refractivity contribution is -0.122. The molecule has 0 aliphatic carbocycles. The summed E-state index contributed by atoms with van der Waals surface area (Å²) in [5.74, 6) is 0. The highest BCUT2D eigenvalue weighted by Crippen LogP contribution is 2.12. The molecule has 1 aromatic rings. The van der Waals surface area contributed by atoms with E-state index in [0.29, 0.717) is 6.54 Å². The third kappa shape index (κ3) is 5.05. The van der Waals surface area contributed by atoms with Gasteiger partial charge in [-0.2, -0.15) is 13.2 Å². The van der Waals surface area contributed by atoms with E-state index in [1.165, 1.54) is 0 Å². The Balaban J connectivity index is 2.43. The van der Waals surface area contributed by atoms with Crippen LogP contribution in [0.1, 0.15) is 11.1 Å². The molecule has 0 atom stereocenters. The van der Waals surface area contributed by atoms with Crippen molar-refractivity contribution in [2.24, 2.45) is 5.73 Å². The van der Waals surface area contributed by atoms with Crippen molar-refractivity contribution < 1.29 is 18.0 Å². The molecule has 4 N–H and O–H groups in total. The largest absolute Gasteiger partial charge is 0.405 e.